The molecule has 3 rings (SSSR count). The van der Waals surface area contributed by atoms with E-state index in [0.717, 1.165) is 4.47 Å². The Hall–Kier alpha value is -3.04. The second-order valence-electron chi connectivity index (χ2n) is 8.24. The minimum atomic E-state index is -0.589. The Labute approximate surface area is 216 Å². The van der Waals surface area contributed by atoms with E-state index in [1.807, 2.05) is 18.2 Å². The normalized spacial score (nSPS) is 11.0. The van der Waals surface area contributed by atoms with Crippen LogP contribution in [0, 0.1) is 5.82 Å². The van der Waals surface area contributed by atoms with Gasteiger partial charge in [0, 0.05) is 45.3 Å². The maximum atomic E-state index is 14.1. The number of nitrogens with one attached hydrogen (secondary N) is 1. The zero-order valence-electron chi connectivity index (χ0n) is 19.4. The summed E-state index contributed by atoms with van der Waals surface area (Å²) in [6.45, 7) is 6.60. The summed E-state index contributed by atoms with van der Waals surface area (Å²) in [5.41, 5.74) is 1.40. The largest absolute Gasteiger partial charge is 0.350 e. The third-order valence-corrected chi connectivity index (χ3v) is 6.25. The van der Waals surface area contributed by atoms with Gasteiger partial charge in [0.25, 0.3) is 0 Å². The third kappa shape index (κ3) is 6.35. The van der Waals surface area contributed by atoms with Crippen molar-refractivity contribution in [1.82, 2.24) is 14.8 Å². The Bertz CT molecular complexity index is 1290. The van der Waals surface area contributed by atoms with Gasteiger partial charge in [-0.2, -0.15) is 0 Å². The van der Waals surface area contributed by atoms with Crippen molar-refractivity contribution in [2.24, 2.45) is 4.99 Å². The van der Waals surface area contributed by atoms with E-state index in [2.05, 4.69) is 33.0 Å². The van der Waals surface area contributed by atoms with Crippen molar-refractivity contribution in [1.29, 1.82) is 0 Å². The van der Waals surface area contributed by atoms with Gasteiger partial charge in [0.2, 0.25) is 11.8 Å². The van der Waals surface area contributed by atoms with E-state index < -0.39 is 11.7 Å². The molecule has 2 amide bonds. The first-order chi connectivity index (χ1) is 16.6. The Kier molecular flexibility index (Phi) is 8.80. The predicted molar refractivity (Wildman–Crippen MR) is 138 cm³/mol. The molecule has 1 aromatic heterocycles. The summed E-state index contributed by atoms with van der Waals surface area (Å²) in [6.07, 6.45) is 1.63. The molecule has 0 aliphatic heterocycles. The van der Waals surface area contributed by atoms with Crippen molar-refractivity contribution in [2.75, 3.05) is 13.1 Å². The quantitative estimate of drug-likeness (QED) is 0.288. The zero-order valence-corrected chi connectivity index (χ0v) is 21.7. The maximum Gasteiger partial charge on any atom is 0.243 e. The van der Waals surface area contributed by atoms with Crippen LogP contribution in [-0.4, -0.2) is 52.9 Å². The molecule has 0 aliphatic rings. The molecule has 0 atom stereocenters. The van der Waals surface area contributed by atoms with Gasteiger partial charge in [-0.3, -0.25) is 19.4 Å². The van der Waals surface area contributed by atoms with Crippen LogP contribution in [0.4, 0.5) is 4.39 Å². The number of nitrogens with zero attached hydrogens (tertiary/aromatic N) is 3. The number of benzene rings is 2. The molecule has 184 valence electrons. The van der Waals surface area contributed by atoms with Gasteiger partial charge in [-0.05, 0) is 44.8 Å². The average molecular weight is 564 g/mol. The highest BCUT2D eigenvalue weighted by Crippen LogP contribution is 2.26. The standard InChI is InChI=1S/C25H25BrClFN4O3/c1-15(2)32(13-23(34)30-10-16-5-4-6-20(27)25(16)28)24(35)14-31-12-19(22(33)11-29-3)18-9-17(26)7-8-21(18)31/h4-9,12,15H,3,10-11,13-14H2,1-2H3,(H,30,34). The molecule has 35 heavy (non-hydrogen) atoms. The molecule has 10 heteroatoms. The summed E-state index contributed by atoms with van der Waals surface area (Å²) in [5, 5.41) is 3.30. The van der Waals surface area contributed by atoms with E-state index in [1.165, 1.54) is 17.0 Å². The first kappa shape index (κ1) is 26.6. The lowest BCUT2D eigenvalue weighted by Crippen LogP contribution is -2.45. The minimum Gasteiger partial charge on any atom is -0.350 e. The third-order valence-electron chi connectivity index (χ3n) is 5.47. The number of hydrogen-bond acceptors (Lipinski definition) is 4. The molecule has 0 saturated carbocycles. The molecule has 0 fully saturated rings. The number of fused-ring (bicyclic) bond motifs is 1. The highest BCUT2D eigenvalue weighted by Gasteiger charge is 2.23. The molecular weight excluding hydrogens is 539 g/mol. The van der Waals surface area contributed by atoms with E-state index in [0.29, 0.717) is 16.5 Å². The molecule has 2 aromatic carbocycles. The number of amides is 2. The first-order valence-electron chi connectivity index (χ1n) is 10.9. The van der Waals surface area contributed by atoms with Gasteiger partial charge in [-0.25, -0.2) is 4.39 Å². The molecule has 0 spiro atoms. The summed E-state index contributed by atoms with van der Waals surface area (Å²) in [7, 11) is 0. The van der Waals surface area contributed by atoms with Gasteiger partial charge < -0.3 is 14.8 Å². The summed E-state index contributed by atoms with van der Waals surface area (Å²) < 4.78 is 16.6. The first-order valence-corrected chi connectivity index (χ1v) is 12.0. The van der Waals surface area contributed by atoms with Crippen molar-refractivity contribution >= 4 is 62.7 Å². The number of rotatable bonds is 10. The van der Waals surface area contributed by atoms with Crippen LogP contribution >= 0.6 is 27.5 Å². The molecular formula is C25H25BrClFN4O3. The van der Waals surface area contributed by atoms with Gasteiger partial charge in [0.05, 0.1) is 11.6 Å². The van der Waals surface area contributed by atoms with Crippen molar-refractivity contribution in [3.63, 3.8) is 0 Å². The topological polar surface area (TPSA) is 83.8 Å². The summed E-state index contributed by atoms with van der Waals surface area (Å²) in [5.74, 6) is -1.53. The Morgan fingerprint density at radius 1 is 1.26 bits per heavy atom. The summed E-state index contributed by atoms with van der Waals surface area (Å²) in [4.78, 5) is 43.4. The number of ketones is 1. The monoisotopic (exact) mass is 562 g/mol. The van der Waals surface area contributed by atoms with Gasteiger partial charge in [0.15, 0.2) is 5.78 Å². The molecule has 7 nitrogen and oxygen atoms in total. The lowest BCUT2D eigenvalue weighted by molar-refractivity contribution is -0.138. The average Bonchev–Trinajstić information content (AvgIpc) is 3.15. The summed E-state index contributed by atoms with van der Waals surface area (Å²) in [6, 6.07) is 9.75. The number of carbonyl (C=O) groups is 3. The number of aliphatic imine (C=N–C) groups is 1. The Morgan fingerprint density at radius 2 is 2.00 bits per heavy atom. The van der Waals surface area contributed by atoms with Crippen molar-refractivity contribution in [3.05, 3.63) is 69.0 Å². The predicted octanol–water partition coefficient (Wildman–Crippen LogP) is 4.63. The molecule has 1 N–H and O–H groups in total. The molecule has 1 heterocycles. The lowest BCUT2D eigenvalue weighted by atomic mass is 10.1. The fraction of sp³-hybridized carbons (Fsp3) is 0.280. The number of carbonyl (C=O) groups excluding carboxylic acids is 3. The number of Topliss-reactive ketones (excluding diaryl/α,β-unsaturated/α-hetero) is 1. The zero-order chi connectivity index (χ0) is 25.7. The van der Waals surface area contributed by atoms with Crippen molar-refractivity contribution < 1.29 is 18.8 Å². The number of halogens is 3. The summed E-state index contributed by atoms with van der Waals surface area (Å²) >= 11 is 9.20. The highest BCUT2D eigenvalue weighted by molar-refractivity contribution is 9.10. The molecule has 0 bridgehead atoms. The fourth-order valence-electron chi connectivity index (χ4n) is 3.69. The number of hydrogen-bond donors (Lipinski definition) is 1. The smallest absolute Gasteiger partial charge is 0.243 e. The molecule has 0 saturated heterocycles. The van der Waals surface area contributed by atoms with Crippen LogP contribution in [0.25, 0.3) is 10.9 Å². The Morgan fingerprint density at radius 3 is 2.69 bits per heavy atom. The van der Waals surface area contributed by atoms with E-state index in [-0.39, 0.29) is 54.5 Å². The van der Waals surface area contributed by atoms with Crippen molar-refractivity contribution in [3.8, 4) is 0 Å². The second-order valence-corrected chi connectivity index (χ2v) is 9.56. The van der Waals surface area contributed by atoms with Crippen molar-refractivity contribution in [2.45, 2.75) is 33.0 Å². The van der Waals surface area contributed by atoms with Crippen LogP contribution in [0.5, 0.6) is 0 Å². The van der Waals surface area contributed by atoms with Crippen LogP contribution in [0.3, 0.4) is 0 Å². The van der Waals surface area contributed by atoms with Crippen LogP contribution in [-0.2, 0) is 22.7 Å². The van der Waals surface area contributed by atoms with Crippen LogP contribution in [0.1, 0.15) is 29.8 Å². The van der Waals surface area contributed by atoms with Gasteiger partial charge in [-0.15, -0.1) is 0 Å². The Balaban J connectivity index is 1.76. The van der Waals surface area contributed by atoms with E-state index in [9.17, 15) is 18.8 Å². The van der Waals surface area contributed by atoms with E-state index in [1.54, 1.807) is 30.7 Å². The molecule has 0 radical (unpaired) electrons. The lowest BCUT2D eigenvalue weighted by Gasteiger charge is -2.26. The van der Waals surface area contributed by atoms with Gasteiger partial charge in [0.1, 0.15) is 18.9 Å². The SMILES string of the molecule is C=NCC(=O)c1cn(CC(=O)N(CC(=O)NCc2cccc(Cl)c2F)C(C)C)c2ccc(Br)cc12. The van der Waals surface area contributed by atoms with Crippen LogP contribution < -0.4 is 5.32 Å². The molecule has 0 aliphatic carbocycles. The van der Waals surface area contributed by atoms with E-state index >= 15 is 0 Å². The van der Waals surface area contributed by atoms with E-state index in [4.69, 9.17) is 11.6 Å². The second kappa shape index (κ2) is 11.6. The fourth-order valence-corrected chi connectivity index (χ4v) is 4.25. The maximum absolute atomic E-state index is 14.1. The molecule has 3 aromatic rings. The van der Waals surface area contributed by atoms with Crippen LogP contribution in [0.15, 0.2) is 52.1 Å². The van der Waals surface area contributed by atoms with Crippen LogP contribution in [0.2, 0.25) is 5.02 Å². The van der Waals surface area contributed by atoms with Gasteiger partial charge >= 0.3 is 0 Å². The highest BCUT2D eigenvalue weighted by atomic mass is 79.9. The van der Waals surface area contributed by atoms with Gasteiger partial charge in [-0.1, -0.05) is 39.7 Å². The number of aromatic nitrogens is 1. The minimum absolute atomic E-state index is 0.0246. The molecule has 0 unspecified atom stereocenters.